The first-order valence-electron chi connectivity index (χ1n) is 10.7. The molecule has 8 nitrogen and oxygen atoms in total. The fourth-order valence-electron chi connectivity index (χ4n) is 3.62. The maximum Gasteiger partial charge on any atom is 0.408 e. The second-order valence-corrected chi connectivity index (χ2v) is 8.24. The molecule has 2 amide bonds. The summed E-state index contributed by atoms with van der Waals surface area (Å²) in [6.45, 7) is 3.94. The highest BCUT2D eigenvalue weighted by atomic mass is 16.5. The van der Waals surface area contributed by atoms with Crippen LogP contribution in [-0.4, -0.2) is 36.2 Å². The van der Waals surface area contributed by atoms with Crippen LogP contribution in [0.15, 0.2) is 46.9 Å². The van der Waals surface area contributed by atoms with Crippen molar-refractivity contribution < 1.29 is 28.3 Å². The molecule has 0 spiro atoms. The molecule has 0 aliphatic carbocycles. The van der Waals surface area contributed by atoms with Crippen molar-refractivity contribution in [3.05, 3.63) is 59.5 Å². The van der Waals surface area contributed by atoms with Crippen molar-refractivity contribution in [1.82, 2.24) is 10.6 Å². The zero-order valence-electron chi connectivity index (χ0n) is 18.3. The van der Waals surface area contributed by atoms with Crippen molar-refractivity contribution in [1.29, 1.82) is 0 Å². The van der Waals surface area contributed by atoms with Gasteiger partial charge in [-0.15, -0.1) is 0 Å². The van der Waals surface area contributed by atoms with E-state index in [1.807, 2.05) is 30.3 Å². The minimum absolute atomic E-state index is 0.0772. The van der Waals surface area contributed by atoms with E-state index in [1.165, 1.54) is 0 Å². The van der Waals surface area contributed by atoms with Crippen molar-refractivity contribution in [3.8, 4) is 0 Å². The molecule has 0 saturated heterocycles. The first-order valence-corrected chi connectivity index (χ1v) is 10.7. The molecule has 0 radical (unpaired) electrons. The number of carbonyl (C=O) groups is 4. The lowest BCUT2D eigenvalue weighted by Crippen LogP contribution is -2.46. The molecule has 2 N–H and O–H groups in total. The Balaban J connectivity index is 1.65. The largest absolute Gasteiger partial charge is 0.466 e. The first-order chi connectivity index (χ1) is 15.3. The quantitative estimate of drug-likeness (QED) is 0.640. The van der Waals surface area contributed by atoms with E-state index in [2.05, 4.69) is 10.6 Å². The molecule has 1 aromatic carbocycles. The smallest absolute Gasteiger partial charge is 0.408 e. The van der Waals surface area contributed by atoms with Crippen molar-refractivity contribution in [2.45, 2.75) is 45.8 Å². The van der Waals surface area contributed by atoms with Crippen LogP contribution in [0.3, 0.4) is 0 Å². The molecule has 2 atom stereocenters. The third-order valence-corrected chi connectivity index (χ3v) is 5.36. The van der Waals surface area contributed by atoms with Gasteiger partial charge >= 0.3 is 6.09 Å². The van der Waals surface area contributed by atoms with E-state index in [-0.39, 0.29) is 37.7 Å². The molecule has 32 heavy (non-hydrogen) atoms. The van der Waals surface area contributed by atoms with Gasteiger partial charge in [-0.2, -0.15) is 0 Å². The highest BCUT2D eigenvalue weighted by molar-refractivity contribution is 6.37. The van der Waals surface area contributed by atoms with Gasteiger partial charge in [-0.25, -0.2) is 4.79 Å². The number of hydrogen-bond acceptors (Lipinski definition) is 6. The van der Waals surface area contributed by atoms with Gasteiger partial charge in [0.25, 0.3) is 5.91 Å². The summed E-state index contributed by atoms with van der Waals surface area (Å²) in [6.07, 6.45) is -0.273. The molecule has 3 rings (SSSR count). The predicted octanol–water partition coefficient (Wildman–Crippen LogP) is 2.59. The Morgan fingerprint density at radius 3 is 2.56 bits per heavy atom. The van der Waals surface area contributed by atoms with E-state index in [0.717, 1.165) is 5.56 Å². The number of furan rings is 1. The SMILES string of the molecule is CC(C)C(NC(=O)OCc1ccccc1)C(=O)CC1Cc2ccc(o2)CCNC(=O)C1=O. The van der Waals surface area contributed by atoms with Gasteiger partial charge in [-0.05, 0) is 23.6 Å². The average Bonchev–Trinajstić information content (AvgIpc) is 3.21. The molecule has 0 fully saturated rings. The van der Waals surface area contributed by atoms with Crippen molar-refractivity contribution in [2.24, 2.45) is 11.8 Å². The Kier molecular flexibility index (Phi) is 7.81. The number of nitrogens with one attached hydrogen (secondary N) is 2. The lowest BCUT2D eigenvalue weighted by atomic mass is 9.87. The summed E-state index contributed by atoms with van der Waals surface area (Å²) in [6, 6.07) is 11.9. The van der Waals surface area contributed by atoms with Crippen LogP contribution >= 0.6 is 0 Å². The predicted molar refractivity (Wildman–Crippen MR) is 116 cm³/mol. The van der Waals surface area contributed by atoms with Gasteiger partial charge in [0.15, 0.2) is 5.78 Å². The highest BCUT2D eigenvalue weighted by Crippen LogP contribution is 2.20. The normalized spacial score (nSPS) is 17.4. The number of amides is 2. The zero-order valence-corrected chi connectivity index (χ0v) is 18.3. The molecular weight excluding hydrogens is 412 g/mol. The summed E-state index contributed by atoms with van der Waals surface area (Å²) in [4.78, 5) is 50.2. The third-order valence-electron chi connectivity index (χ3n) is 5.36. The molecular formula is C24H28N2O6. The molecule has 1 aliphatic rings. The molecule has 2 unspecified atom stereocenters. The van der Waals surface area contributed by atoms with Crippen LogP contribution < -0.4 is 10.6 Å². The first kappa shape index (κ1) is 23.2. The Labute approximate surface area is 186 Å². The van der Waals surface area contributed by atoms with Crippen LogP contribution in [0.1, 0.15) is 37.4 Å². The number of carbonyl (C=O) groups excluding carboxylic acids is 4. The molecule has 8 heteroatoms. The second-order valence-electron chi connectivity index (χ2n) is 8.24. The number of hydrogen-bond donors (Lipinski definition) is 2. The minimum Gasteiger partial charge on any atom is -0.466 e. The van der Waals surface area contributed by atoms with Gasteiger partial charge in [0, 0.05) is 31.7 Å². The fourth-order valence-corrected chi connectivity index (χ4v) is 3.62. The molecule has 1 aromatic heterocycles. The van der Waals surface area contributed by atoms with Gasteiger partial charge in [0.2, 0.25) is 5.78 Å². The molecule has 1 aliphatic heterocycles. The van der Waals surface area contributed by atoms with E-state index in [4.69, 9.17) is 9.15 Å². The number of rotatable bonds is 7. The second kappa shape index (κ2) is 10.7. The van der Waals surface area contributed by atoms with Crippen LogP contribution in [0.4, 0.5) is 4.79 Å². The number of fused-ring (bicyclic) bond motifs is 2. The van der Waals surface area contributed by atoms with E-state index in [1.54, 1.807) is 26.0 Å². The van der Waals surface area contributed by atoms with Gasteiger partial charge in [0.05, 0.1) is 6.04 Å². The number of ether oxygens (including phenoxy) is 1. The monoisotopic (exact) mass is 440 g/mol. The fraction of sp³-hybridized carbons (Fsp3) is 0.417. The van der Waals surface area contributed by atoms with Crippen LogP contribution in [0.25, 0.3) is 0 Å². The summed E-state index contributed by atoms with van der Waals surface area (Å²) >= 11 is 0. The zero-order chi connectivity index (χ0) is 23.1. The number of ketones is 2. The Hall–Kier alpha value is -3.42. The van der Waals surface area contributed by atoms with Gasteiger partial charge < -0.3 is 19.8 Å². The van der Waals surface area contributed by atoms with Crippen LogP contribution in [0, 0.1) is 11.8 Å². The third kappa shape index (κ3) is 6.29. The molecule has 2 heterocycles. The molecule has 2 aromatic rings. The van der Waals surface area contributed by atoms with Crippen LogP contribution in [0.2, 0.25) is 0 Å². The lowest BCUT2D eigenvalue weighted by Gasteiger charge is -2.23. The Morgan fingerprint density at radius 2 is 1.84 bits per heavy atom. The maximum atomic E-state index is 13.0. The minimum atomic E-state index is -0.872. The standard InChI is InChI=1S/C24H28N2O6/c1-15(2)21(26-24(30)31-14-16-6-4-3-5-7-16)20(27)13-17-12-19-9-8-18(32-19)10-11-25-23(29)22(17)28/h3-9,15,17,21H,10-14H2,1-2H3,(H,25,29)(H,26,30). The van der Waals surface area contributed by atoms with Gasteiger partial charge in [-0.3, -0.25) is 14.4 Å². The summed E-state index contributed by atoms with van der Waals surface area (Å²) in [5, 5.41) is 5.18. The summed E-state index contributed by atoms with van der Waals surface area (Å²) < 4.78 is 10.9. The lowest BCUT2D eigenvalue weighted by molar-refractivity contribution is -0.141. The Bertz CT molecular complexity index is 966. The van der Waals surface area contributed by atoms with E-state index in [0.29, 0.717) is 17.9 Å². The van der Waals surface area contributed by atoms with Gasteiger partial charge in [0.1, 0.15) is 18.1 Å². The highest BCUT2D eigenvalue weighted by Gasteiger charge is 2.33. The maximum absolute atomic E-state index is 13.0. The van der Waals surface area contributed by atoms with Crippen LogP contribution in [0.5, 0.6) is 0 Å². The number of Topliss-reactive ketones (excluding diaryl/α,β-unsaturated/α-hetero) is 2. The van der Waals surface area contributed by atoms with Gasteiger partial charge in [-0.1, -0.05) is 44.2 Å². The van der Waals surface area contributed by atoms with Crippen molar-refractivity contribution in [2.75, 3.05) is 6.54 Å². The summed E-state index contributed by atoms with van der Waals surface area (Å²) in [5.41, 5.74) is 0.825. The number of benzene rings is 1. The summed E-state index contributed by atoms with van der Waals surface area (Å²) in [5.74, 6) is -1.55. The van der Waals surface area contributed by atoms with E-state index >= 15 is 0 Å². The van der Waals surface area contributed by atoms with E-state index < -0.39 is 29.7 Å². The molecule has 170 valence electrons. The average molecular weight is 440 g/mol. The topological polar surface area (TPSA) is 115 Å². The van der Waals surface area contributed by atoms with Crippen LogP contribution in [-0.2, 0) is 38.6 Å². The number of alkyl carbamates (subject to hydrolysis) is 1. The summed E-state index contributed by atoms with van der Waals surface area (Å²) in [7, 11) is 0. The van der Waals surface area contributed by atoms with Crippen molar-refractivity contribution in [3.63, 3.8) is 0 Å². The Morgan fingerprint density at radius 1 is 1.12 bits per heavy atom. The van der Waals surface area contributed by atoms with E-state index in [9.17, 15) is 19.2 Å². The van der Waals surface area contributed by atoms with Crippen molar-refractivity contribution >= 4 is 23.6 Å². The molecule has 2 bridgehead atoms. The molecule has 0 saturated carbocycles.